The number of amides is 1. The number of carbonyl (C=O) groups excluding carboxylic acids is 1. The number of nitrogens with zero attached hydrogens (tertiary/aromatic N) is 5. The fraction of sp³-hybridized carbons (Fsp3) is 0.650. The van der Waals surface area contributed by atoms with E-state index in [1.165, 1.54) is 6.42 Å². The number of likely N-dealkylation sites (N-methyl/N-ethyl adjacent to an activating group) is 1. The monoisotopic (exact) mass is 353 g/mol. The average molecular weight is 353 g/mol. The van der Waals surface area contributed by atoms with Gasteiger partial charge in [-0.15, -0.1) is 0 Å². The summed E-state index contributed by atoms with van der Waals surface area (Å²) in [7, 11) is 4.18. The number of anilines is 1. The molecule has 3 aliphatic heterocycles. The summed E-state index contributed by atoms with van der Waals surface area (Å²) in [6, 6.07) is 6.51. The highest BCUT2D eigenvalue weighted by molar-refractivity contribution is 5.78. The van der Waals surface area contributed by atoms with Gasteiger partial charge in [0.05, 0.1) is 11.6 Å². The zero-order valence-electron chi connectivity index (χ0n) is 15.6. The van der Waals surface area contributed by atoms with Gasteiger partial charge < -0.3 is 14.7 Å². The fourth-order valence-corrected chi connectivity index (χ4v) is 5.23. The zero-order valence-corrected chi connectivity index (χ0v) is 15.6. The van der Waals surface area contributed by atoms with Gasteiger partial charge in [0.2, 0.25) is 5.91 Å². The van der Waals surface area contributed by atoms with E-state index in [4.69, 9.17) is 0 Å². The third-order valence-corrected chi connectivity index (χ3v) is 6.25. The van der Waals surface area contributed by atoms with Crippen molar-refractivity contribution in [2.75, 3.05) is 38.6 Å². The van der Waals surface area contributed by atoms with Crippen LogP contribution in [0.25, 0.3) is 0 Å². The van der Waals surface area contributed by atoms with Crippen LogP contribution in [-0.4, -0.2) is 66.5 Å². The zero-order chi connectivity index (χ0) is 18.3. The van der Waals surface area contributed by atoms with Crippen LogP contribution in [0.3, 0.4) is 0 Å². The summed E-state index contributed by atoms with van der Waals surface area (Å²) < 4.78 is 0. The van der Waals surface area contributed by atoms with Gasteiger partial charge in [0.25, 0.3) is 0 Å². The second kappa shape index (κ2) is 6.88. The molecule has 0 unspecified atom stereocenters. The fourth-order valence-electron chi connectivity index (χ4n) is 5.23. The largest absolute Gasteiger partial charge is 0.356 e. The molecule has 4 heterocycles. The molecule has 6 nitrogen and oxygen atoms in total. The standard InChI is InChI=1S/C20H27N5O/c1-23(2)13-18-16-9-15(17-4-3-5-20(26)25(17)18)11-24(12-16)19-8-14(10-21)6-7-22-19/h6-8,15-18H,3-5,9,11-13H2,1-2H3/t15-,16+,17+,18+/m1/s1. The van der Waals surface area contributed by atoms with Gasteiger partial charge in [-0.2, -0.15) is 5.26 Å². The van der Waals surface area contributed by atoms with Crippen molar-refractivity contribution >= 4 is 11.7 Å². The maximum absolute atomic E-state index is 12.7. The van der Waals surface area contributed by atoms with Gasteiger partial charge in [0.1, 0.15) is 5.82 Å². The molecule has 0 saturated carbocycles. The van der Waals surface area contributed by atoms with Crippen molar-refractivity contribution in [1.82, 2.24) is 14.8 Å². The molecule has 4 atom stereocenters. The highest BCUT2D eigenvalue weighted by Gasteiger charge is 2.49. The predicted octanol–water partition coefficient (Wildman–Crippen LogP) is 1.72. The SMILES string of the molecule is CN(C)C[C@H]1[C@H]2C[C@H](CN(c3cc(C#N)ccn3)C2)[C@@H]2CCCC(=O)N21. The number of carbonyl (C=O) groups is 1. The molecule has 26 heavy (non-hydrogen) atoms. The molecule has 3 aliphatic rings. The number of hydrogen-bond acceptors (Lipinski definition) is 5. The van der Waals surface area contributed by atoms with Gasteiger partial charge in [-0.25, -0.2) is 4.98 Å². The van der Waals surface area contributed by atoms with Crippen LogP contribution in [0.1, 0.15) is 31.2 Å². The quantitative estimate of drug-likeness (QED) is 0.828. The Labute approximate surface area is 155 Å². The molecule has 0 spiro atoms. The third-order valence-electron chi connectivity index (χ3n) is 6.25. The van der Waals surface area contributed by atoms with Crippen LogP contribution in [0.4, 0.5) is 5.82 Å². The molecule has 3 fully saturated rings. The lowest BCUT2D eigenvalue weighted by Gasteiger charge is -2.57. The van der Waals surface area contributed by atoms with Crippen LogP contribution in [0.15, 0.2) is 18.3 Å². The van der Waals surface area contributed by atoms with E-state index < -0.39 is 0 Å². The molecule has 0 aromatic carbocycles. The minimum absolute atomic E-state index is 0.279. The molecule has 4 rings (SSSR count). The number of aromatic nitrogens is 1. The van der Waals surface area contributed by atoms with Crippen LogP contribution in [0, 0.1) is 23.2 Å². The predicted molar refractivity (Wildman–Crippen MR) is 99.6 cm³/mol. The second-order valence-electron chi connectivity index (χ2n) is 8.27. The van der Waals surface area contributed by atoms with Crippen molar-refractivity contribution in [2.45, 2.75) is 37.8 Å². The second-order valence-corrected chi connectivity index (χ2v) is 8.27. The Morgan fingerprint density at radius 1 is 1.35 bits per heavy atom. The molecule has 1 amide bonds. The first kappa shape index (κ1) is 17.3. The van der Waals surface area contributed by atoms with Crippen molar-refractivity contribution in [3.8, 4) is 6.07 Å². The van der Waals surface area contributed by atoms with Gasteiger partial charge in [-0.3, -0.25) is 4.79 Å². The molecule has 0 aliphatic carbocycles. The molecule has 1 aromatic rings. The topological polar surface area (TPSA) is 63.5 Å². The number of rotatable bonds is 3. The average Bonchev–Trinajstić information content (AvgIpc) is 2.65. The van der Waals surface area contributed by atoms with Crippen LogP contribution >= 0.6 is 0 Å². The van der Waals surface area contributed by atoms with Crippen molar-refractivity contribution < 1.29 is 4.79 Å². The highest BCUT2D eigenvalue weighted by atomic mass is 16.2. The summed E-state index contributed by atoms with van der Waals surface area (Å²) in [6.07, 6.45) is 5.76. The van der Waals surface area contributed by atoms with Crippen LogP contribution in [-0.2, 0) is 4.79 Å². The van der Waals surface area contributed by atoms with E-state index in [0.717, 1.165) is 38.3 Å². The smallest absolute Gasteiger partial charge is 0.223 e. The third kappa shape index (κ3) is 3.05. The molecule has 6 heteroatoms. The van der Waals surface area contributed by atoms with Crippen LogP contribution < -0.4 is 4.90 Å². The van der Waals surface area contributed by atoms with Crippen molar-refractivity contribution in [1.29, 1.82) is 5.26 Å². The van der Waals surface area contributed by atoms with Gasteiger partial charge in [0, 0.05) is 44.3 Å². The highest BCUT2D eigenvalue weighted by Crippen LogP contribution is 2.42. The summed E-state index contributed by atoms with van der Waals surface area (Å²) >= 11 is 0. The van der Waals surface area contributed by atoms with Crippen molar-refractivity contribution in [3.63, 3.8) is 0 Å². The summed E-state index contributed by atoms with van der Waals surface area (Å²) in [4.78, 5) is 24.1. The molecular weight excluding hydrogens is 326 g/mol. The maximum Gasteiger partial charge on any atom is 0.223 e. The molecule has 2 bridgehead atoms. The number of hydrogen-bond donors (Lipinski definition) is 0. The van der Waals surface area contributed by atoms with E-state index in [-0.39, 0.29) is 6.04 Å². The molecule has 0 radical (unpaired) electrons. The Kier molecular flexibility index (Phi) is 4.58. The minimum atomic E-state index is 0.279. The van der Waals surface area contributed by atoms with Crippen LogP contribution in [0.5, 0.6) is 0 Å². The van der Waals surface area contributed by atoms with E-state index in [0.29, 0.717) is 35.8 Å². The summed E-state index contributed by atoms with van der Waals surface area (Å²) in [5, 5.41) is 9.20. The Hall–Kier alpha value is -2.13. The summed E-state index contributed by atoms with van der Waals surface area (Å²) in [5.41, 5.74) is 0.657. The number of fused-ring (bicyclic) bond motifs is 4. The number of pyridine rings is 1. The van der Waals surface area contributed by atoms with Gasteiger partial charge in [-0.05, 0) is 57.3 Å². The van der Waals surface area contributed by atoms with E-state index in [9.17, 15) is 10.1 Å². The van der Waals surface area contributed by atoms with E-state index in [1.54, 1.807) is 12.3 Å². The molecule has 138 valence electrons. The van der Waals surface area contributed by atoms with Gasteiger partial charge in [-0.1, -0.05) is 0 Å². The minimum Gasteiger partial charge on any atom is -0.356 e. The van der Waals surface area contributed by atoms with Crippen LogP contribution in [0.2, 0.25) is 0 Å². The molecule has 3 saturated heterocycles. The first-order valence-electron chi connectivity index (χ1n) is 9.64. The Bertz CT molecular complexity index is 727. The molecule has 0 N–H and O–H groups in total. The van der Waals surface area contributed by atoms with Gasteiger partial charge >= 0.3 is 0 Å². The Balaban J connectivity index is 1.64. The van der Waals surface area contributed by atoms with E-state index >= 15 is 0 Å². The van der Waals surface area contributed by atoms with Crippen molar-refractivity contribution in [3.05, 3.63) is 23.9 Å². The lowest BCUT2D eigenvalue weighted by Crippen LogP contribution is -2.67. The van der Waals surface area contributed by atoms with Crippen molar-refractivity contribution in [2.24, 2.45) is 11.8 Å². The lowest BCUT2D eigenvalue weighted by molar-refractivity contribution is -0.149. The first-order chi connectivity index (χ1) is 12.6. The Morgan fingerprint density at radius 2 is 2.15 bits per heavy atom. The van der Waals surface area contributed by atoms with E-state index in [1.807, 2.05) is 6.07 Å². The summed E-state index contributed by atoms with van der Waals surface area (Å²) in [6.45, 7) is 2.76. The molecular formula is C20H27N5O. The van der Waals surface area contributed by atoms with Gasteiger partial charge in [0.15, 0.2) is 0 Å². The number of piperidine rings is 3. The first-order valence-corrected chi connectivity index (χ1v) is 9.64. The lowest BCUT2D eigenvalue weighted by atomic mass is 9.72. The molecule has 1 aromatic heterocycles. The maximum atomic E-state index is 12.7. The Morgan fingerprint density at radius 3 is 2.92 bits per heavy atom. The normalized spacial score (nSPS) is 30.9. The number of nitriles is 1. The summed E-state index contributed by atoms with van der Waals surface area (Å²) in [5.74, 6) is 2.21. The van der Waals surface area contributed by atoms with E-state index in [2.05, 4.69) is 39.8 Å².